The van der Waals surface area contributed by atoms with Gasteiger partial charge in [-0.25, -0.2) is 4.79 Å². The van der Waals surface area contributed by atoms with Crippen LogP contribution in [0, 0.1) is 0 Å². The van der Waals surface area contributed by atoms with Crippen LogP contribution >= 0.6 is 0 Å². The van der Waals surface area contributed by atoms with E-state index in [1.165, 1.54) is 0 Å². The molecule has 0 bridgehead atoms. The zero-order valence-corrected chi connectivity index (χ0v) is 9.80. The molecule has 1 aromatic heterocycles. The Kier molecular flexibility index (Phi) is 3.27. The van der Waals surface area contributed by atoms with Crippen LogP contribution < -0.4 is 5.32 Å². The number of benzene rings is 1. The van der Waals surface area contributed by atoms with Crippen LogP contribution in [0.15, 0.2) is 24.3 Å². The highest BCUT2D eigenvalue weighted by Gasteiger charge is 2.21. The summed E-state index contributed by atoms with van der Waals surface area (Å²) in [5, 5.41) is 18.6. The van der Waals surface area contributed by atoms with E-state index in [-0.39, 0.29) is 5.69 Å². The minimum atomic E-state index is -1.05. The van der Waals surface area contributed by atoms with E-state index in [4.69, 9.17) is 5.11 Å². The summed E-state index contributed by atoms with van der Waals surface area (Å²) in [6.07, 6.45) is 0.323. The van der Waals surface area contributed by atoms with Crippen LogP contribution in [0.3, 0.4) is 0 Å². The van der Waals surface area contributed by atoms with E-state index in [1.54, 1.807) is 25.1 Å². The fraction of sp³-hybridized carbons (Fsp3) is 0.250. The number of rotatable bonds is 4. The molecule has 1 unspecified atom stereocenters. The standard InChI is InChI=1S/C12H13N3O3/c1-2-8(12(17)18)13-11(16)10-7-5-3-4-6-9(7)14-15-10/h3-6,8H,2H2,1H3,(H,13,16)(H,14,15)(H,17,18). The topological polar surface area (TPSA) is 95.1 Å². The number of fused-ring (bicyclic) bond motifs is 1. The summed E-state index contributed by atoms with van der Waals surface area (Å²) >= 11 is 0. The van der Waals surface area contributed by atoms with Crippen molar-refractivity contribution in [2.45, 2.75) is 19.4 Å². The number of hydrogen-bond donors (Lipinski definition) is 3. The predicted octanol–water partition coefficient (Wildman–Crippen LogP) is 1.16. The van der Waals surface area contributed by atoms with Crippen molar-refractivity contribution < 1.29 is 14.7 Å². The first-order chi connectivity index (χ1) is 8.63. The van der Waals surface area contributed by atoms with Crippen molar-refractivity contribution in [2.75, 3.05) is 0 Å². The van der Waals surface area contributed by atoms with E-state index in [2.05, 4.69) is 15.5 Å². The SMILES string of the molecule is CCC(NC(=O)c1n[nH]c2ccccc12)C(=O)O. The molecule has 1 heterocycles. The number of aromatic amines is 1. The largest absolute Gasteiger partial charge is 0.480 e. The Morgan fingerprint density at radius 2 is 2.17 bits per heavy atom. The van der Waals surface area contributed by atoms with Crippen LogP contribution in [0.2, 0.25) is 0 Å². The second-order valence-electron chi connectivity index (χ2n) is 3.89. The molecule has 94 valence electrons. The Hall–Kier alpha value is -2.37. The number of carbonyl (C=O) groups excluding carboxylic acids is 1. The molecule has 2 rings (SSSR count). The number of nitrogens with one attached hydrogen (secondary N) is 2. The first-order valence-electron chi connectivity index (χ1n) is 5.60. The molecule has 0 fully saturated rings. The Morgan fingerprint density at radius 3 is 2.83 bits per heavy atom. The second kappa shape index (κ2) is 4.87. The van der Waals surface area contributed by atoms with Crippen LogP contribution in [0.25, 0.3) is 10.9 Å². The zero-order valence-electron chi connectivity index (χ0n) is 9.80. The van der Waals surface area contributed by atoms with Crippen molar-refractivity contribution in [1.82, 2.24) is 15.5 Å². The summed E-state index contributed by atoms with van der Waals surface area (Å²) in [7, 11) is 0. The smallest absolute Gasteiger partial charge is 0.326 e. The van der Waals surface area contributed by atoms with Crippen LogP contribution in [-0.2, 0) is 4.79 Å². The first kappa shape index (κ1) is 12.1. The average molecular weight is 247 g/mol. The molecule has 3 N–H and O–H groups in total. The molecule has 1 amide bonds. The third-order valence-electron chi connectivity index (χ3n) is 2.70. The summed E-state index contributed by atoms with van der Waals surface area (Å²) < 4.78 is 0. The van der Waals surface area contributed by atoms with Gasteiger partial charge >= 0.3 is 5.97 Å². The molecule has 0 saturated carbocycles. The van der Waals surface area contributed by atoms with Gasteiger partial charge in [-0.1, -0.05) is 25.1 Å². The number of para-hydroxylation sites is 1. The van der Waals surface area contributed by atoms with Crippen molar-refractivity contribution >= 4 is 22.8 Å². The summed E-state index contributed by atoms with van der Waals surface area (Å²) in [6.45, 7) is 1.70. The minimum absolute atomic E-state index is 0.213. The van der Waals surface area contributed by atoms with Gasteiger partial charge in [0.25, 0.3) is 5.91 Å². The highest BCUT2D eigenvalue weighted by atomic mass is 16.4. The monoisotopic (exact) mass is 247 g/mol. The number of aromatic nitrogens is 2. The lowest BCUT2D eigenvalue weighted by atomic mass is 10.2. The maximum Gasteiger partial charge on any atom is 0.326 e. The highest BCUT2D eigenvalue weighted by Crippen LogP contribution is 2.15. The number of nitrogens with zero attached hydrogens (tertiary/aromatic N) is 1. The maximum absolute atomic E-state index is 11.9. The van der Waals surface area contributed by atoms with E-state index < -0.39 is 17.9 Å². The molecule has 0 radical (unpaired) electrons. The molecular weight excluding hydrogens is 234 g/mol. The van der Waals surface area contributed by atoms with Crippen molar-refractivity contribution in [2.24, 2.45) is 0 Å². The fourth-order valence-electron chi connectivity index (χ4n) is 1.70. The maximum atomic E-state index is 11.9. The lowest BCUT2D eigenvalue weighted by Crippen LogP contribution is -2.40. The minimum Gasteiger partial charge on any atom is -0.480 e. The number of carbonyl (C=O) groups is 2. The van der Waals surface area contributed by atoms with E-state index in [9.17, 15) is 9.59 Å². The van der Waals surface area contributed by atoms with Gasteiger partial charge in [0.2, 0.25) is 0 Å². The zero-order chi connectivity index (χ0) is 13.1. The molecule has 0 aliphatic carbocycles. The Bertz CT molecular complexity index is 591. The van der Waals surface area contributed by atoms with Gasteiger partial charge in [-0.3, -0.25) is 9.89 Å². The van der Waals surface area contributed by atoms with Crippen molar-refractivity contribution in [3.63, 3.8) is 0 Å². The van der Waals surface area contributed by atoms with Gasteiger partial charge in [0.1, 0.15) is 6.04 Å². The van der Waals surface area contributed by atoms with Gasteiger partial charge in [0.05, 0.1) is 5.52 Å². The third kappa shape index (κ3) is 2.17. The van der Waals surface area contributed by atoms with Gasteiger partial charge in [-0.15, -0.1) is 0 Å². The fourth-order valence-corrected chi connectivity index (χ4v) is 1.70. The van der Waals surface area contributed by atoms with Gasteiger partial charge < -0.3 is 10.4 Å². The summed E-state index contributed by atoms with van der Waals surface area (Å²) in [6, 6.07) is 6.29. The number of aliphatic carboxylic acids is 1. The van der Waals surface area contributed by atoms with Crippen molar-refractivity contribution in [3.8, 4) is 0 Å². The molecule has 0 saturated heterocycles. The van der Waals surface area contributed by atoms with Crippen molar-refractivity contribution in [3.05, 3.63) is 30.0 Å². The van der Waals surface area contributed by atoms with E-state index in [0.29, 0.717) is 11.8 Å². The molecule has 2 aromatic rings. The van der Waals surface area contributed by atoms with Gasteiger partial charge in [-0.2, -0.15) is 5.10 Å². The Morgan fingerprint density at radius 1 is 1.44 bits per heavy atom. The molecule has 0 spiro atoms. The molecule has 6 heteroatoms. The van der Waals surface area contributed by atoms with Gasteiger partial charge in [0, 0.05) is 5.39 Å². The van der Waals surface area contributed by atoms with Crippen LogP contribution in [0.1, 0.15) is 23.8 Å². The normalized spacial score (nSPS) is 12.3. The number of H-pyrrole nitrogens is 1. The molecule has 6 nitrogen and oxygen atoms in total. The van der Waals surface area contributed by atoms with Crippen molar-refractivity contribution in [1.29, 1.82) is 0 Å². The summed E-state index contributed by atoms with van der Waals surface area (Å²) in [5.74, 6) is -1.53. The number of carboxylic acid groups (broad SMARTS) is 1. The average Bonchev–Trinajstić information content (AvgIpc) is 2.79. The summed E-state index contributed by atoms with van der Waals surface area (Å²) in [4.78, 5) is 22.8. The third-order valence-corrected chi connectivity index (χ3v) is 2.70. The Balaban J connectivity index is 2.26. The highest BCUT2D eigenvalue weighted by molar-refractivity contribution is 6.05. The summed E-state index contributed by atoms with van der Waals surface area (Å²) in [5.41, 5.74) is 0.955. The van der Waals surface area contributed by atoms with Crippen LogP contribution in [0.4, 0.5) is 0 Å². The molecule has 0 aliphatic rings. The molecular formula is C12H13N3O3. The van der Waals surface area contributed by atoms with E-state index in [0.717, 1.165) is 5.52 Å². The van der Waals surface area contributed by atoms with Gasteiger partial charge in [0.15, 0.2) is 5.69 Å². The van der Waals surface area contributed by atoms with Gasteiger partial charge in [-0.05, 0) is 12.5 Å². The predicted molar refractivity (Wildman–Crippen MR) is 65.3 cm³/mol. The van der Waals surface area contributed by atoms with Crippen LogP contribution in [-0.4, -0.2) is 33.2 Å². The Labute approximate surface area is 103 Å². The van der Waals surface area contributed by atoms with E-state index in [1.807, 2.05) is 6.07 Å². The molecule has 0 aliphatic heterocycles. The second-order valence-corrected chi connectivity index (χ2v) is 3.89. The molecule has 1 aromatic carbocycles. The molecule has 1 atom stereocenters. The lowest BCUT2D eigenvalue weighted by Gasteiger charge is -2.10. The number of amides is 1. The number of hydrogen-bond acceptors (Lipinski definition) is 3. The quantitative estimate of drug-likeness (QED) is 0.755. The first-order valence-corrected chi connectivity index (χ1v) is 5.60. The number of carboxylic acids is 1. The van der Waals surface area contributed by atoms with Crippen LogP contribution in [0.5, 0.6) is 0 Å². The molecule has 18 heavy (non-hydrogen) atoms. The lowest BCUT2D eigenvalue weighted by molar-refractivity contribution is -0.139. The van der Waals surface area contributed by atoms with E-state index >= 15 is 0 Å².